The van der Waals surface area contributed by atoms with E-state index in [1.54, 1.807) is 0 Å². The maximum absolute atomic E-state index is 12.7. The average molecular weight is 211 g/mol. The molecule has 0 bridgehead atoms. The molecule has 13 heavy (non-hydrogen) atoms. The molecule has 1 aromatic heterocycles. The maximum Gasteiger partial charge on any atom is 0.283 e. The van der Waals surface area contributed by atoms with Crippen molar-refractivity contribution in [1.29, 1.82) is 0 Å². The average Bonchev–Trinajstić information content (AvgIpc) is 2.03. The predicted octanol–water partition coefficient (Wildman–Crippen LogP) is 2.27. The van der Waals surface area contributed by atoms with Crippen molar-refractivity contribution in [3.63, 3.8) is 0 Å². The molecule has 2 nitrogen and oxygen atoms in total. The van der Waals surface area contributed by atoms with Crippen molar-refractivity contribution in [2.75, 3.05) is 0 Å². The fraction of sp³-hybridized carbons (Fsp3) is 0.286. The highest BCUT2D eigenvalue weighted by atomic mass is 35.5. The Hall–Kier alpha value is -0.810. The molecule has 0 saturated carbocycles. The molecule has 0 unspecified atom stereocenters. The fourth-order valence-electron chi connectivity index (χ4n) is 0.817. The summed E-state index contributed by atoms with van der Waals surface area (Å²) < 4.78 is 36.9. The van der Waals surface area contributed by atoms with E-state index in [0.717, 1.165) is 6.07 Å². The summed E-state index contributed by atoms with van der Waals surface area (Å²) in [6.45, 7) is -0.0984. The summed E-state index contributed by atoms with van der Waals surface area (Å²) >= 11 is 5.48. The third-order valence-corrected chi connectivity index (χ3v) is 1.76. The van der Waals surface area contributed by atoms with Crippen LogP contribution in [-0.2, 0) is 6.54 Å². The molecule has 0 radical (unpaired) electrons. The molecule has 2 N–H and O–H groups in total. The topological polar surface area (TPSA) is 38.9 Å². The summed E-state index contributed by atoms with van der Waals surface area (Å²) in [5.41, 5.74) is 4.31. The third kappa shape index (κ3) is 2.10. The van der Waals surface area contributed by atoms with Crippen molar-refractivity contribution in [3.8, 4) is 0 Å². The van der Waals surface area contributed by atoms with Crippen LogP contribution in [0.25, 0.3) is 0 Å². The summed E-state index contributed by atoms with van der Waals surface area (Å²) in [7, 11) is 0. The molecule has 6 heteroatoms. The number of hydrogen-bond donors (Lipinski definition) is 1. The summed E-state index contributed by atoms with van der Waals surface area (Å²) in [6, 6.07) is 0.790. The first-order chi connectivity index (χ1) is 6.06. The van der Waals surface area contributed by atoms with Gasteiger partial charge >= 0.3 is 0 Å². The Morgan fingerprint density at radius 2 is 2.15 bits per heavy atom. The van der Waals surface area contributed by atoms with Gasteiger partial charge in [0.15, 0.2) is 5.82 Å². The lowest BCUT2D eigenvalue weighted by atomic mass is 10.3. The Morgan fingerprint density at radius 1 is 1.54 bits per heavy atom. The van der Waals surface area contributed by atoms with Crippen molar-refractivity contribution in [3.05, 3.63) is 28.3 Å². The minimum Gasteiger partial charge on any atom is -0.325 e. The lowest BCUT2D eigenvalue weighted by molar-refractivity contribution is 0.140. The summed E-state index contributed by atoms with van der Waals surface area (Å²) in [5, 5.41) is -0.0376. The lowest BCUT2D eigenvalue weighted by Gasteiger charge is -2.05. The minimum atomic E-state index is -2.96. The first-order valence-corrected chi connectivity index (χ1v) is 3.77. The fourth-order valence-corrected chi connectivity index (χ4v) is 1.03. The van der Waals surface area contributed by atoms with Crippen molar-refractivity contribution < 1.29 is 13.2 Å². The van der Waals surface area contributed by atoms with Gasteiger partial charge in [-0.15, -0.1) is 0 Å². The second-order valence-corrected chi connectivity index (χ2v) is 2.70. The number of halogens is 4. The number of pyridine rings is 1. The molecule has 72 valence electrons. The van der Waals surface area contributed by atoms with Crippen LogP contribution in [0.4, 0.5) is 13.2 Å². The lowest BCUT2D eigenvalue weighted by Crippen LogP contribution is -2.05. The Morgan fingerprint density at radius 3 is 2.62 bits per heavy atom. The molecule has 0 atom stereocenters. The van der Waals surface area contributed by atoms with Gasteiger partial charge in [0.2, 0.25) is 0 Å². The number of hydrogen-bond acceptors (Lipinski definition) is 2. The van der Waals surface area contributed by atoms with E-state index in [0.29, 0.717) is 0 Å². The van der Waals surface area contributed by atoms with Gasteiger partial charge in [0.1, 0.15) is 5.69 Å². The predicted molar refractivity (Wildman–Crippen MR) is 42.1 cm³/mol. The van der Waals surface area contributed by atoms with Crippen LogP contribution in [0.2, 0.25) is 5.02 Å². The zero-order valence-electron chi connectivity index (χ0n) is 6.40. The second kappa shape index (κ2) is 3.93. The van der Waals surface area contributed by atoms with Crippen LogP contribution in [0.1, 0.15) is 17.8 Å². The molecule has 0 amide bonds. The molecule has 0 aliphatic carbocycles. The molecule has 1 heterocycles. The van der Waals surface area contributed by atoms with Gasteiger partial charge in [-0.25, -0.2) is 18.2 Å². The Kier molecular flexibility index (Phi) is 3.11. The molecular formula is C7H6ClF3N2. The van der Waals surface area contributed by atoms with Crippen LogP contribution in [0.15, 0.2) is 6.07 Å². The van der Waals surface area contributed by atoms with Gasteiger partial charge in [0, 0.05) is 6.54 Å². The summed E-state index contributed by atoms with van der Waals surface area (Å²) in [4.78, 5) is 3.31. The van der Waals surface area contributed by atoms with Gasteiger partial charge in [-0.1, -0.05) is 11.6 Å². The minimum absolute atomic E-state index is 0.0376. The quantitative estimate of drug-likeness (QED) is 0.813. The van der Waals surface area contributed by atoms with Crippen LogP contribution in [0, 0.1) is 5.82 Å². The molecule has 0 saturated heterocycles. The summed E-state index contributed by atoms with van der Waals surface area (Å²) in [5.74, 6) is -1.11. The maximum atomic E-state index is 12.7. The molecule has 0 aliphatic heterocycles. The van der Waals surface area contributed by atoms with Crippen molar-refractivity contribution >= 4 is 11.6 Å². The SMILES string of the molecule is NCc1nc(C(F)F)c(F)cc1Cl. The Balaban J connectivity index is 3.22. The highest BCUT2D eigenvalue weighted by Crippen LogP contribution is 2.24. The standard InChI is InChI=1S/C7H6ClF3N2/c8-3-1-4(9)6(7(10)11)13-5(3)2-12/h1,7H,2,12H2. The zero-order valence-corrected chi connectivity index (χ0v) is 7.15. The van der Waals surface area contributed by atoms with Crippen molar-refractivity contribution in [1.82, 2.24) is 4.98 Å². The zero-order chi connectivity index (χ0) is 10.0. The van der Waals surface area contributed by atoms with Crippen LogP contribution in [0.3, 0.4) is 0 Å². The van der Waals surface area contributed by atoms with Crippen LogP contribution >= 0.6 is 11.6 Å². The Bertz CT molecular complexity index is 317. The van der Waals surface area contributed by atoms with Gasteiger partial charge in [-0.2, -0.15) is 0 Å². The van der Waals surface area contributed by atoms with Gasteiger partial charge in [0.05, 0.1) is 10.7 Å². The molecule has 1 rings (SSSR count). The number of rotatable bonds is 2. The van der Waals surface area contributed by atoms with Gasteiger partial charge in [0.25, 0.3) is 6.43 Å². The molecular weight excluding hydrogens is 205 g/mol. The normalized spacial score (nSPS) is 10.9. The van der Waals surface area contributed by atoms with Crippen LogP contribution < -0.4 is 5.73 Å². The monoisotopic (exact) mass is 210 g/mol. The van der Waals surface area contributed by atoms with Crippen molar-refractivity contribution in [2.45, 2.75) is 13.0 Å². The molecule has 0 aromatic carbocycles. The van der Waals surface area contributed by atoms with Gasteiger partial charge in [-0.3, -0.25) is 0 Å². The van der Waals surface area contributed by atoms with E-state index in [2.05, 4.69) is 4.98 Å². The van der Waals surface area contributed by atoms with E-state index in [4.69, 9.17) is 17.3 Å². The number of alkyl halides is 2. The number of nitrogens with zero attached hydrogens (tertiary/aromatic N) is 1. The highest BCUT2D eigenvalue weighted by Gasteiger charge is 2.17. The second-order valence-electron chi connectivity index (χ2n) is 2.29. The van der Waals surface area contributed by atoms with E-state index < -0.39 is 17.9 Å². The number of nitrogens with two attached hydrogens (primary N) is 1. The van der Waals surface area contributed by atoms with Gasteiger partial charge in [-0.05, 0) is 6.07 Å². The third-order valence-electron chi connectivity index (χ3n) is 1.43. The Labute approximate surface area is 77.5 Å². The van der Waals surface area contributed by atoms with E-state index in [-0.39, 0.29) is 17.3 Å². The van der Waals surface area contributed by atoms with E-state index >= 15 is 0 Å². The van der Waals surface area contributed by atoms with E-state index in [9.17, 15) is 13.2 Å². The van der Waals surface area contributed by atoms with Gasteiger partial charge < -0.3 is 5.73 Å². The largest absolute Gasteiger partial charge is 0.325 e. The smallest absolute Gasteiger partial charge is 0.283 e. The van der Waals surface area contributed by atoms with Crippen LogP contribution in [0.5, 0.6) is 0 Å². The first-order valence-electron chi connectivity index (χ1n) is 3.39. The van der Waals surface area contributed by atoms with Crippen LogP contribution in [-0.4, -0.2) is 4.98 Å². The molecule has 1 aromatic rings. The summed E-state index contributed by atoms with van der Waals surface area (Å²) in [6.07, 6.45) is -2.96. The van der Waals surface area contributed by atoms with E-state index in [1.165, 1.54) is 0 Å². The van der Waals surface area contributed by atoms with E-state index in [1.807, 2.05) is 0 Å². The van der Waals surface area contributed by atoms with Crippen molar-refractivity contribution in [2.24, 2.45) is 5.73 Å². The first kappa shape index (κ1) is 10.3. The molecule has 0 spiro atoms. The molecule has 0 aliphatic rings. The number of aromatic nitrogens is 1. The molecule has 0 fully saturated rings. The highest BCUT2D eigenvalue weighted by molar-refractivity contribution is 6.31.